The van der Waals surface area contributed by atoms with Crippen LogP contribution in [0.3, 0.4) is 0 Å². The number of benzene rings is 1. The predicted octanol–water partition coefficient (Wildman–Crippen LogP) is 2.18. The van der Waals surface area contributed by atoms with Gasteiger partial charge in [0, 0.05) is 16.7 Å². The lowest BCUT2D eigenvalue weighted by Crippen LogP contribution is -2.51. The van der Waals surface area contributed by atoms with Gasteiger partial charge < -0.3 is 15.0 Å². The van der Waals surface area contributed by atoms with E-state index in [9.17, 15) is 9.59 Å². The van der Waals surface area contributed by atoms with Crippen molar-refractivity contribution >= 4 is 23.6 Å². The molecule has 124 valence electrons. The molecule has 23 heavy (non-hydrogen) atoms. The number of nitrogens with one attached hydrogen (secondary N) is 1. The van der Waals surface area contributed by atoms with E-state index in [2.05, 4.69) is 5.32 Å². The molecule has 0 unspecified atom stereocenters. The minimum atomic E-state index is -0.480. The lowest BCUT2D eigenvalue weighted by Gasteiger charge is -2.30. The summed E-state index contributed by atoms with van der Waals surface area (Å²) in [5.74, 6) is 1.96. The second kappa shape index (κ2) is 6.07. The number of rotatable bonds is 2. The van der Waals surface area contributed by atoms with E-state index in [1.807, 2.05) is 45.0 Å². The third-order valence-corrected chi connectivity index (χ3v) is 5.12. The molecule has 1 fully saturated rings. The zero-order chi connectivity index (χ0) is 16.6. The Morgan fingerprint density at radius 2 is 2.04 bits per heavy atom. The third kappa shape index (κ3) is 3.17. The van der Waals surface area contributed by atoms with Crippen LogP contribution in [0, 0.1) is 5.41 Å². The number of para-hydroxylation sites is 1. The Labute approximate surface area is 140 Å². The van der Waals surface area contributed by atoms with Crippen LogP contribution in [-0.2, 0) is 9.59 Å². The molecule has 0 aliphatic carbocycles. The number of carbonyl (C=O) groups is 2. The first-order chi connectivity index (χ1) is 10.9. The highest BCUT2D eigenvalue weighted by molar-refractivity contribution is 7.99. The molecule has 1 saturated heterocycles. The molecular weight excluding hydrogens is 312 g/mol. The van der Waals surface area contributed by atoms with Crippen LogP contribution < -0.4 is 10.1 Å². The maximum Gasteiger partial charge on any atom is 0.244 e. The number of amides is 2. The summed E-state index contributed by atoms with van der Waals surface area (Å²) in [5.41, 5.74) is 0.521. The standard InChI is InChI=1S/C17H22N2O3S/c1-17(2,3)16(21)19-10-23-9-13(19)15(20)18-12-8-22-14-7-5-4-6-11(12)14/h4-7,12-13H,8-10H2,1-3H3,(H,18,20)/t12-,13-/m1/s1. The Bertz CT molecular complexity index is 627. The largest absolute Gasteiger partial charge is 0.491 e. The van der Waals surface area contributed by atoms with Crippen LogP contribution >= 0.6 is 11.8 Å². The highest BCUT2D eigenvalue weighted by Crippen LogP contribution is 2.33. The van der Waals surface area contributed by atoms with Gasteiger partial charge >= 0.3 is 0 Å². The molecule has 2 aliphatic rings. The van der Waals surface area contributed by atoms with Crippen molar-refractivity contribution in [1.82, 2.24) is 10.2 Å². The molecular formula is C17H22N2O3S. The summed E-state index contributed by atoms with van der Waals surface area (Å²) in [6.45, 7) is 6.09. The third-order valence-electron chi connectivity index (χ3n) is 4.10. The van der Waals surface area contributed by atoms with Gasteiger partial charge in [-0.15, -0.1) is 11.8 Å². The molecule has 1 aromatic rings. The molecule has 6 heteroatoms. The molecule has 0 radical (unpaired) electrons. The van der Waals surface area contributed by atoms with E-state index in [0.29, 0.717) is 18.2 Å². The molecule has 2 amide bonds. The molecule has 5 nitrogen and oxygen atoms in total. The van der Waals surface area contributed by atoms with E-state index in [-0.39, 0.29) is 17.9 Å². The van der Waals surface area contributed by atoms with Gasteiger partial charge in [0.2, 0.25) is 11.8 Å². The molecule has 1 aromatic carbocycles. The first-order valence-electron chi connectivity index (χ1n) is 7.79. The number of hydrogen-bond acceptors (Lipinski definition) is 4. The normalized spacial score (nSPS) is 23.3. The van der Waals surface area contributed by atoms with Gasteiger partial charge in [0.1, 0.15) is 18.4 Å². The Morgan fingerprint density at radius 1 is 1.30 bits per heavy atom. The van der Waals surface area contributed by atoms with Crippen LogP contribution in [-0.4, -0.2) is 41.0 Å². The Morgan fingerprint density at radius 3 is 2.78 bits per heavy atom. The van der Waals surface area contributed by atoms with Gasteiger partial charge in [-0.1, -0.05) is 39.0 Å². The van der Waals surface area contributed by atoms with Crippen molar-refractivity contribution in [2.45, 2.75) is 32.9 Å². The summed E-state index contributed by atoms with van der Waals surface area (Å²) in [5, 5.41) is 3.04. The summed E-state index contributed by atoms with van der Waals surface area (Å²) in [7, 11) is 0. The minimum absolute atomic E-state index is 0.0192. The number of carbonyl (C=O) groups excluding carboxylic acids is 2. The summed E-state index contributed by atoms with van der Waals surface area (Å²) >= 11 is 1.62. The first-order valence-corrected chi connectivity index (χ1v) is 8.94. The molecule has 3 rings (SSSR count). The number of nitrogens with zero attached hydrogens (tertiary/aromatic N) is 1. The summed E-state index contributed by atoms with van der Waals surface area (Å²) in [6, 6.07) is 7.18. The van der Waals surface area contributed by atoms with Gasteiger partial charge in [-0.05, 0) is 6.07 Å². The van der Waals surface area contributed by atoms with Crippen molar-refractivity contribution in [3.63, 3.8) is 0 Å². The van der Waals surface area contributed by atoms with Gasteiger partial charge in [0.05, 0.1) is 11.9 Å². The van der Waals surface area contributed by atoms with E-state index in [1.165, 1.54) is 0 Å². The number of hydrogen-bond donors (Lipinski definition) is 1. The average Bonchev–Trinajstić information content (AvgIpc) is 3.13. The van der Waals surface area contributed by atoms with Gasteiger partial charge in [-0.25, -0.2) is 0 Å². The highest BCUT2D eigenvalue weighted by Gasteiger charge is 2.40. The van der Waals surface area contributed by atoms with Crippen molar-refractivity contribution in [2.24, 2.45) is 5.41 Å². The molecule has 0 saturated carbocycles. The van der Waals surface area contributed by atoms with Crippen LogP contribution in [0.5, 0.6) is 5.75 Å². The highest BCUT2D eigenvalue weighted by atomic mass is 32.2. The van der Waals surface area contributed by atoms with Crippen molar-refractivity contribution < 1.29 is 14.3 Å². The van der Waals surface area contributed by atoms with Crippen LogP contribution in [0.15, 0.2) is 24.3 Å². The van der Waals surface area contributed by atoms with Gasteiger partial charge in [0.15, 0.2) is 0 Å². The minimum Gasteiger partial charge on any atom is -0.491 e. The van der Waals surface area contributed by atoms with Crippen molar-refractivity contribution in [3.8, 4) is 5.75 Å². The maximum absolute atomic E-state index is 12.7. The van der Waals surface area contributed by atoms with Crippen molar-refractivity contribution in [3.05, 3.63) is 29.8 Å². The van der Waals surface area contributed by atoms with Crippen LogP contribution in [0.2, 0.25) is 0 Å². The molecule has 0 aromatic heterocycles. The molecule has 1 N–H and O–H groups in total. The summed E-state index contributed by atoms with van der Waals surface area (Å²) in [4.78, 5) is 26.9. The average molecular weight is 334 g/mol. The second-order valence-corrected chi connectivity index (χ2v) is 7.95. The monoisotopic (exact) mass is 334 g/mol. The van der Waals surface area contributed by atoms with E-state index in [4.69, 9.17) is 4.74 Å². The SMILES string of the molecule is CC(C)(C)C(=O)N1CSC[C@@H]1C(=O)N[C@@H]1COc2ccccc21. The lowest BCUT2D eigenvalue weighted by atomic mass is 9.94. The fourth-order valence-corrected chi connectivity index (χ4v) is 3.99. The van der Waals surface area contributed by atoms with Gasteiger partial charge in [-0.2, -0.15) is 0 Å². The Balaban J connectivity index is 1.70. The molecule has 2 atom stereocenters. The zero-order valence-electron chi connectivity index (χ0n) is 13.7. The van der Waals surface area contributed by atoms with E-state index >= 15 is 0 Å². The van der Waals surface area contributed by atoms with Gasteiger partial charge in [0.25, 0.3) is 0 Å². The maximum atomic E-state index is 12.7. The number of thioether (sulfide) groups is 1. The van der Waals surface area contributed by atoms with E-state index in [0.717, 1.165) is 11.3 Å². The van der Waals surface area contributed by atoms with E-state index in [1.54, 1.807) is 16.7 Å². The van der Waals surface area contributed by atoms with Crippen molar-refractivity contribution in [1.29, 1.82) is 0 Å². The quantitative estimate of drug-likeness (QED) is 0.901. The topological polar surface area (TPSA) is 58.6 Å². The second-order valence-electron chi connectivity index (χ2n) is 6.95. The summed E-state index contributed by atoms with van der Waals surface area (Å²) in [6.07, 6.45) is 0. The molecule has 0 bridgehead atoms. The molecule has 2 heterocycles. The fourth-order valence-electron chi connectivity index (χ4n) is 2.84. The van der Waals surface area contributed by atoms with Crippen molar-refractivity contribution in [2.75, 3.05) is 18.2 Å². The van der Waals surface area contributed by atoms with Crippen LogP contribution in [0.4, 0.5) is 0 Å². The fraction of sp³-hybridized carbons (Fsp3) is 0.529. The summed E-state index contributed by atoms with van der Waals surface area (Å²) < 4.78 is 5.60. The molecule has 2 aliphatic heterocycles. The molecule has 0 spiro atoms. The Kier molecular flexibility index (Phi) is 4.27. The first kappa shape index (κ1) is 16.2. The van der Waals surface area contributed by atoms with Gasteiger partial charge in [-0.3, -0.25) is 9.59 Å². The Hall–Kier alpha value is -1.69. The smallest absolute Gasteiger partial charge is 0.244 e. The van der Waals surface area contributed by atoms with E-state index < -0.39 is 11.5 Å². The van der Waals surface area contributed by atoms with Crippen LogP contribution in [0.25, 0.3) is 0 Å². The van der Waals surface area contributed by atoms with Crippen LogP contribution in [0.1, 0.15) is 32.4 Å². The number of ether oxygens (including phenoxy) is 1. The predicted molar refractivity (Wildman–Crippen MR) is 90.2 cm³/mol. The lowest BCUT2D eigenvalue weighted by molar-refractivity contribution is -0.144. The number of fused-ring (bicyclic) bond motifs is 1. The zero-order valence-corrected chi connectivity index (χ0v) is 14.5.